The van der Waals surface area contributed by atoms with E-state index in [2.05, 4.69) is 9.72 Å². The van der Waals surface area contributed by atoms with E-state index in [9.17, 15) is 18.0 Å². The van der Waals surface area contributed by atoms with Crippen molar-refractivity contribution in [3.05, 3.63) is 17.3 Å². The van der Waals surface area contributed by atoms with Crippen LogP contribution in [0.2, 0.25) is 0 Å². The number of carboxylic acids is 1. The van der Waals surface area contributed by atoms with Crippen LogP contribution < -0.4 is 9.47 Å². The average molecular weight is 265 g/mol. The number of nitrogens with zero attached hydrogens (tertiary/aromatic N) is 1. The van der Waals surface area contributed by atoms with Gasteiger partial charge in [-0.15, -0.1) is 13.2 Å². The molecule has 0 amide bonds. The molecule has 0 spiro atoms. The van der Waals surface area contributed by atoms with E-state index >= 15 is 0 Å². The van der Waals surface area contributed by atoms with Crippen LogP contribution >= 0.6 is 0 Å². The molecule has 0 unspecified atom stereocenters. The van der Waals surface area contributed by atoms with Gasteiger partial charge in [0.05, 0.1) is 19.7 Å². The Morgan fingerprint density at radius 1 is 1.50 bits per heavy atom. The van der Waals surface area contributed by atoms with Crippen molar-refractivity contribution < 1.29 is 32.5 Å². The number of halogens is 3. The number of carbonyl (C=O) groups is 1. The fourth-order valence-corrected chi connectivity index (χ4v) is 1.36. The molecule has 1 rings (SSSR count). The van der Waals surface area contributed by atoms with Gasteiger partial charge in [-0.25, -0.2) is 4.98 Å². The summed E-state index contributed by atoms with van der Waals surface area (Å²) in [5.74, 6) is -1.79. The van der Waals surface area contributed by atoms with Crippen molar-refractivity contribution >= 4 is 5.97 Å². The number of aliphatic carboxylic acids is 1. The number of aromatic nitrogens is 1. The molecule has 1 N–H and O–H groups in total. The van der Waals surface area contributed by atoms with Crippen molar-refractivity contribution in [3.63, 3.8) is 0 Å². The summed E-state index contributed by atoms with van der Waals surface area (Å²) in [7, 11) is 1.25. The Hall–Kier alpha value is -1.99. The highest BCUT2D eigenvalue weighted by Crippen LogP contribution is 2.31. The standard InChI is InChI=1S/C10H10F3NO4/c1-5-6(3-8(15)16)9(17-2)14-4-7(5)18-10(11,12)13/h4H,3H2,1-2H3,(H,15,16). The van der Waals surface area contributed by atoms with Crippen molar-refractivity contribution in [2.45, 2.75) is 19.7 Å². The van der Waals surface area contributed by atoms with Crippen LogP contribution in [0.3, 0.4) is 0 Å². The van der Waals surface area contributed by atoms with Crippen molar-refractivity contribution in [1.82, 2.24) is 4.98 Å². The second kappa shape index (κ2) is 5.11. The Balaban J connectivity index is 3.20. The van der Waals surface area contributed by atoms with Gasteiger partial charge in [-0.2, -0.15) is 0 Å². The Morgan fingerprint density at radius 2 is 2.11 bits per heavy atom. The number of hydrogen-bond donors (Lipinski definition) is 1. The lowest BCUT2D eigenvalue weighted by Crippen LogP contribution is -2.19. The van der Waals surface area contributed by atoms with Crippen LogP contribution in [0.1, 0.15) is 11.1 Å². The molecule has 100 valence electrons. The number of hydrogen-bond acceptors (Lipinski definition) is 4. The molecular weight excluding hydrogens is 255 g/mol. The Labute approximate surface area is 100 Å². The largest absolute Gasteiger partial charge is 0.573 e. The van der Waals surface area contributed by atoms with E-state index in [0.29, 0.717) is 0 Å². The summed E-state index contributed by atoms with van der Waals surface area (Å²) in [6.45, 7) is 1.31. The summed E-state index contributed by atoms with van der Waals surface area (Å²) in [6, 6.07) is 0. The van der Waals surface area contributed by atoms with Gasteiger partial charge in [0.25, 0.3) is 0 Å². The van der Waals surface area contributed by atoms with E-state index in [1.807, 2.05) is 0 Å². The number of alkyl halides is 3. The molecule has 1 heterocycles. The van der Waals surface area contributed by atoms with Crippen LogP contribution in [0.15, 0.2) is 6.20 Å². The highest BCUT2D eigenvalue weighted by Gasteiger charge is 2.32. The number of carboxylic acid groups (broad SMARTS) is 1. The smallest absolute Gasteiger partial charge is 0.481 e. The summed E-state index contributed by atoms with van der Waals surface area (Å²) in [4.78, 5) is 14.2. The number of methoxy groups -OCH3 is 1. The molecule has 5 nitrogen and oxygen atoms in total. The van der Waals surface area contributed by atoms with Gasteiger partial charge in [-0.1, -0.05) is 0 Å². The van der Waals surface area contributed by atoms with Crippen LogP contribution in [0, 0.1) is 6.92 Å². The number of pyridine rings is 1. The van der Waals surface area contributed by atoms with Gasteiger partial charge in [0.1, 0.15) is 0 Å². The third-order valence-electron chi connectivity index (χ3n) is 2.13. The quantitative estimate of drug-likeness (QED) is 0.900. The summed E-state index contributed by atoms with van der Waals surface area (Å²) >= 11 is 0. The fraction of sp³-hybridized carbons (Fsp3) is 0.400. The third kappa shape index (κ3) is 3.51. The zero-order valence-corrected chi connectivity index (χ0v) is 9.54. The van der Waals surface area contributed by atoms with Gasteiger partial charge in [0.2, 0.25) is 5.88 Å². The highest BCUT2D eigenvalue weighted by molar-refractivity contribution is 5.72. The lowest BCUT2D eigenvalue weighted by atomic mass is 10.1. The van der Waals surface area contributed by atoms with Gasteiger partial charge in [-0.3, -0.25) is 4.79 Å². The molecule has 0 fully saturated rings. The first kappa shape index (κ1) is 14.1. The van der Waals surface area contributed by atoms with E-state index < -0.39 is 24.5 Å². The molecule has 0 bridgehead atoms. The monoisotopic (exact) mass is 265 g/mol. The van der Waals surface area contributed by atoms with Crippen LogP contribution in [0.5, 0.6) is 11.6 Å². The minimum Gasteiger partial charge on any atom is -0.481 e. The Kier molecular flexibility index (Phi) is 4.00. The van der Waals surface area contributed by atoms with Crippen LogP contribution in [0.25, 0.3) is 0 Å². The van der Waals surface area contributed by atoms with Gasteiger partial charge in [0.15, 0.2) is 5.75 Å². The molecule has 0 aliphatic heterocycles. The lowest BCUT2D eigenvalue weighted by molar-refractivity contribution is -0.275. The number of ether oxygens (including phenoxy) is 2. The molecule has 18 heavy (non-hydrogen) atoms. The minimum absolute atomic E-state index is 0.0292. The molecule has 0 aliphatic carbocycles. The van der Waals surface area contributed by atoms with Crippen molar-refractivity contribution in [2.75, 3.05) is 7.11 Å². The third-order valence-corrected chi connectivity index (χ3v) is 2.13. The SMILES string of the molecule is COc1ncc(OC(F)(F)F)c(C)c1CC(=O)O. The molecule has 1 aromatic heterocycles. The first-order valence-electron chi connectivity index (χ1n) is 4.74. The van der Waals surface area contributed by atoms with E-state index in [4.69, 9.17) is 9.84 Å². The van der Waals surface area contributed by atoms with Crippen molar-refractivity contribution in [2.24, 2.45) is 0 Å². The highest BCUT2D eigenvalue weighted by atomic mass is 19.4. The predicted octanol–water partition coefficient (Wildman–Crippen LogP) is 1.92. The second-order valence-corrected chi connectivity index (χ2v) is 3.35. The lowest BCUT2D eigenvalue weighted by Gasteiger charge is -2.15. The van der Waals surface area contributed by atoms with Crippen LogP contribution in [0.4, 0.5) is 13.2 Å². The first-order valence-corrected chi connectivity index (χ1v) is 4.74. The molecule has 0 saturated heterocycles. The Morgan fingerprint density at radius 3 is 2.56 bits per heavy atom. The van der Waals surface area contributed by atoms with Gasteiger partial charge in [-0.05, 0) is 6.92 Å². The minimum atomic E-state index is -4.86. The van der Waals surface area contributed by atoms with E-state index in [-0.39, 0.29) is 17.0 Å². The molecule has 0 radical (unpaired) electrons. The maximum Gasteiger partial charge on any atom is 0.573 e. The van der Waals surface area contributed by atoms with Crippen molar-refractivity contribution in [1.29, 1.82) is 0 Å². The van der Waals surface area contributed by atoms with Crippen LogP contribution in [-0.4, -0.2) is 29.5 Å². The predicted molar refractivity (Wildman–Crippen MR) is 53.5 cm³/mol. The van der Waals surface area contributed by atoms with E-state index in [1.54, 1.807) is 0 Å². The molecule has 1 aromatic rings. The summed E-state index contributed by atoms with van der Waals surface area (Å²) in [5, 5.41) is 8.69. The van der Waals surface area contributed by atoms with Gasteiger partial charge < -0.3 is 14.6 Å². The second-order valence-electron chi connectivity index (χ2n) is 3.35. The zero-order valence-electron chi connectivity index (χ0n) is 9.54. The summed E-state index contributed by atoms with van der Waals surface area (Å²) in [5.41, 5.74) is 0.0772. The van der Waals surface area contributed by atoms with E-state index in [1.165, 1.54) is 14.0 Å². The van der Waals surface area contributed by atoms with E-state index in [0.717, 1.165) is 6.20 Å². The molecule has 8 heteroatoms. The van der Waals surface area contributed by atoms with Gasteiger partial charge >= 0.3 is 12.3 Å². The first-order chi connectivity index (χ1) is 8.24. The molecular formula is C10H10F3NO4. The molecule has 0 saturated carbocycles. The summed E-state index contributed by atoms with van der Waals surface area (Å²) in [6.07, 6.45) is -4.52. The number of rotatable bonds is 4. The van der Waals surface area contributed by atoms with Crippen molar-refractivity contribution in [3.8, 4) is 11.6 Å². The molecule has 0 aromatic carbocycles. The fourth-order valence-electron chi connectivity index (χ4n) is 1.36. The zero-order chi connectivity index (χ0) is 13.9. The topological polar surface area (TPSA) is 68.7 Å². The molecule has 0 aliphatic rings. The Bertz CT molecular complexity index is 459. The molecule has 0 atom stereocenters. The average Bonchev–Trinajstić information content (AvgIpc) is 2.22. The maximum atomic E-state index is 12.1. The van der Waals surface area contributed by atoms with Gasteiger partial charge in [0, 0.05) is 11.1 Å². The normalized spacial score (nSPS) is 11.2. The summed E-state index contributed by atoms with van der Waals surface area (Å²) < 4.78 is 44.8. The maximum absolute atomic E-state index is 12.1. The van der Waals surface area contributed by atoms with Crippen LogP contribution in [-0.2, 0) is 11.2 Å².